The maximum Gasteiger partial charge on any atom is 0.0797 e. The molecule has 2 nitrogen and oxygen atoms in total. The highest BCUT2D eigenvalue weighted by Gasteiger charge is 2.57. The number of hydrogen-bond donors (Lipinski definition) is 2. The Morgan fingerprint density at radius 2 is 1.82 bits per heavy atom. The Morgan fingerprint density at radius 1 is 1.18 bits per heavy atom. The van der Waals surface area contributed by atoms with E-state index in [1.54, 1.807) is 6.08 Å². The lowest BCUT2D eigenvalue weighted by molar-refractivity contribution is -0.171. The summed E-state index contributed by atoms with van der Waals surface area (Å²) in [6.45, 7) is 14.8. The molecule has 0 unspecified atom stereocenters. The number of hydrogen-bond acceptors (Lipinski definition) is 2. The first-order chi connectivity index (χ1) is 9.95. The van der Waals surface area contributed by atoms with Crippen LogP contribution in [0.1, 0.15) is 79.6 Å². The zero-order chi connectivity index (χ0) is 16.8. The lowest BCUT2D eigenvalue weighted by Crippen LogP contribution is -2.57. The van der Waals surface area contributed by atoms with Gasteiger partial charge in [0.2, 0.25) is 0 Å². The molecule has 2 aliphatic carbocycles. The van der Waals surface area contributed by atoms with Crippen molar-refractivity contribution in [2.75, 3.05) is 0 Å². The second kappa shape index (κ2) is 5.63. The molecule has 0 amide bonds. The van der Waals surface area contributed by atoms with Gasteiger partial charge in [0.1, 0.15) is 0 Å². The zero-order valence-corrected chi connectivity index (χ0v) is 15.3. The monoisotopic (exact) mass is 308 g/mol. The van der Waals surface area contributed by atoms with Crippen molar-refractivity contribution in [2.24, 2.45) is 22.7 Å². The predicted octanol–water partition coefficient (Wildman–Crippen LogP) is 4.70. The van der Waals surface area contributed by atoms with Gasteiger partial charge in [-0.1, -0.05) is 33.3 Å². The van der Waals surface area contributed by atoms with Crippen molar-refractivity contribution in [3.05, 3.63) is 12.7 Å². The van der Waals surface area contributed by atoms with E-state index in [1.165, 1.54) is 19.3 Å². The Balaban J connectivity index is 2.28. The van der Waals surface area contributed by atoms with E-state index >= 15 is 0 Å². The number of aliphatic hydroxyl groups is 2. The smallest absolute Gasteiger partial charge is 0.0797 e. The molecule has 2 N–H and O–H groups in total. The van der Waals surface area contributed by atoms with Crippen molar-refractivity contribution in [2.45, 2.75) is 90.8 Å². The molecule has 0 aromatic carbocycles. The third-order valence-electron chi connectivity index (χ3n) is 7.14. The van der Waals surface area contributed by atoms with Crippen LogP contribution in [0.5, 0.6) is 0 Å². The molecule has 2 heteroatoms. The first-order valence-electron chi connectivity index (χ1n) is 9.03. The molecular weight excluding hydrogens is 272 g/mol. The van der Waals surface area contributed by atoms with Gasteiger partial charge in [-0.05, 0) is 75.0 Å². The SMILES string of the molecule is C=C[C@](C)(O)CC[C@H]1[C@]2(C)CCCC(C)(C)[C@H]2CC[C@@]1(C)O. The summed E-state index contributed by atoms with van der Waals surface area (Å²) in [5, 5.41) is 21.4. The van der Waals surface area contributed by atoms with Gasteiger partial charge in [0.05, 0.1) is 11.2 Å². The van der Waals surface area contributed by atoms with E-state index in [0.29, 0.717) is 17.8 Å². The molecule has 2 aliphatic rings. The van der Waals surface area contributed by atoms with Crippen LogP contribution in [0.25, 0.3) is 0 Å². The van der Waals surface area contributed by atoms with E-state index in [9.17, 15) is 10.2 Å². The van der Waals surface area contributed by atoms with Crippen molar-refractivity contribution in [3.8, 4) is 0 Å². The fraction of sp³-hybridized carbons (Fsp3) is 0.900. The van der Waals surface area contributed by atoms with Crippen molar-refractivity contribution in [3.63, 3.8) is 0 Å². The minimum atomic E-state index is -0.830. The second-order valence-corrected chi connectivity index (χ2v) is 9.45. The average Bonchev–Trinajstić information content (AvgIpc) is 2.35. The molecule has 22 heavy (non-hydrogen) atoms. The Hall–Kier alpha value is -0.340. The van der Waals surface area contributed by atoms with Crippen LogP contribution in [0.3, 0.4) is 0 Å². The van der Waals surface area contributed by atoms with Gasteiger partial charge in [-0.15, -0.1) is 6.58 Å². The van der Waals surface area contributed by atoms with Crippen molar-refractivity contribution >= 4 is 0 Å². The van der Waals surface area contributed by atoms with E-state index in [4.69, 9.17) is 0 Å². The summed E-state index contributed by atoms with van der Waals surface area (Å²) in [5.41, 5.74) is -0.900. The van der Waals surface area contributed by atoms with Crippen LogP contribution >= 0.6 is 0 Å². The highest BCUT2D eigenvalue weighted by atomic mass is 16.3. The van der Waals surface area contributed by atoms with Crippen LogP contribution < -0.4 is 0 Å². The van der Waals surface area contributed by atoms with Gasteiger partial charge in [-0.25, -0.2) is 0 Å². The Kier molecular flexibility index (Phi) is 4.61. The Bertz CT molecular complexity index is 421. The molecule has 0 saturated heterocycles. The lowest BCUT2D eigenvalue weighted by Gasteiger charge is -2.61. The molecule has 0 heterocycles. The van der Waals surface area contributed by atoms with E-state index < -0.39 is 11.2 Å². The minimum Gasteiger partial charge on any atom is -0.390 e. The summed E-state index contributed by atoms with van der Waals surface area (Å²) in [6.07, 6.45) is 8.96. The van der Waals surface area contributed by atoms with Crippen LogP contribution in [0.15, 0.2) is 12.7 Å². The van der Waals surface area contributed by atoms with Crippen LogP contribution in [0.4, 0.5) is 0 Å². The second-order valence-electron chi connectivity index (χ2n) is 9.45. The minimum absolute atomic E-state index is 0.181. The third kappa shape index (κ3) is 3.14. The fourth-order valence-corrected chi connectivity index (χ4v) is 5.80. The van der Waals surface area contributed by atoms with Crippen molar-refractivity contribution < 1.29 is 10.2 Å². The third-order valence-corrected chi connectivity index (χ3v) is 7.14. The number of rotatable bonds is 4. The lowest BCUT2D eigenvalue weighted by atomic mass is 9.45. The molecule has 128 valence electrons. The first kappa shape index (κ1) is 18.0. The quantitative estimate of drug-likeness (QED) is 0.739. The highest BCUT2D eigenvalue weighted by Crippen LogP contribution is 2.63. The van der Waals surface area contributed by atoms with Gasteiger partial charge < -0.3 is 10.2 Å². The molecule has 0 bridgehead atoms. The highest BCUT2D eigenvalue weighted by molar-refractivity contribution is 5.08. The fourth-order valence-electron chi connectivity index (χ4n) is 5.80. The zero-order valence-electron chi connectivity index (χ0n) is 15.3. The molecule has 0 radical (unpaired) electrons. The summed E-state index contributed by atoms with van der Waals surface area (Å²) in [5.74, 6) is 0.928. The average molecular weight is 309 g/mol. The molecule has 2 saturated carbocycles. The van der Waals surface area contributed by atoms with Gasteiger partial charge in [0.15, 0.2) is 0 Å². The predicted molar refractivity (Wildman–Crippen MR) is 92.6 cm³/mol. The van der Waals surface area contributed by atoms with Crippen molar-refractivity contribution in [1.29, 1.82) is 0 Å². The molecule has 0 aliphatic heterocycles. The molecule has 0 aromatic rings. The molecule has 5 atom stereocenters. The van der Waals surface area contributed by atoms with Gasteiger partial charge in [0.25, 0.3) is 0 Å². The number of fused-ring (bicyclic) bond motifs is 1. The van der Waals surface area contributed by atoms with Crippen LogP contribution in [-0.4, -0.2) is 21.4 Å². The van der Waals surface area contributed by atoms with E-state index in [0.717, 1.165) is 19.3 Å². The molecule has 0 spiro atoms. The maximum absolute atomic E-state index is 11.1. The van der Waals surface area contributed by atoms with Crippen LogP contribution in [0.2, 0.25) is 0 Å². The largest absolute Gasteiger partial charge is 0.390 e. The van der Waals surface area contributed by atoms with Crippen LogP contribution in [-0.2, 0) is 0 Å². The molecule has 0 aromatic heterocycles. The van der Waals surface area contributed by atoms with E-state index in [2.05, 4.69) is 27.4 Å². The Labute approximate surface area is 137 Å². The maximum atomic E-state index is 11.1. The van der Waals surface area contributed by atoms with Gasteiger partial charge in [0, 0.05) is 0 Å². The van der Waals surface area contributed by atoms with Gasteiger partial charge in [-0.3, -0.25) is 0 Å². The molecule has 2 rings (SSSR count). The summed E-state index contributed by atoms with van der Waals surface area (Å²) in [6, 6.07) is 0. The summed E-state index contributed by atoms with van der Waals surface area (Å²) >= 11 is 0. The summed E-state index contributed by atoms with van der Waals surface area (Å²) in [7, 11) is 0. The summed E-state index contributed by atoms with van der Waals surface area (Å²) in [4.78, 5) is 0. The topological polar surface area (TPSA) is 40.5 Å². The van der Waals surface area contributed by atoms with Gasteiger partial charge >= 0.3 is 0 Å². The van der Waals surface area contributed by atoms with E-state index in [1.807, 2.05) is 13.8 Å². The van der Waals surface area contributed by atoms with Crippen LogP contribution in [0, 0.1) is 22.7 Å². The normalized spacial score (nSPS) is 44.0. The first-order valence-corrected chi connectivity index (χ1v) is 9.03. The standard InChI is InChI=1S/C20H36O2/c1-7-18(4,21)13-9-16-19(5)12-8-11-17(2,3)15(19)10-14-20(16,6)22/h7,15-16,21-22H,1,8-14H2,2-6H3/t15-,16+,18+,19-,20-/m1/s1. The summed E-state index contributed by atoms with van der Waals surface area (Å²) < 4.78 is 0. The Morgan fingerprint density at radius 3 is 2.41 bits per heavy atom. The van der Waals surface area contributed by atoms with Crippen molar-refractivity contribution in [1.82, 2.24) is 0 Å². The molecular formula is C20H36O2. The van der Waals surface area contributed by atoms with Gasteiger partial charge in [-0.2, -0.15) is 0 Å². The van der Waals surface area contributed by atoms with E-state index in [-0.39, 0.29) is 11.3 Å². The molecule has 2 fully saturated rings.